The van der Waals surface area contributed by atoms with E-state index in [1.807, 2.05) is 0 Å². The molecule has 1 saturated carbocycles. The summed E-state index contributed by atoms with van der Waals surface area (Å²) in [6.45, 7) is 0. The normalized spacial score (nSPS) is 19.3. The second-order valence-corrected chi connectivity index (χ2v) is 6.45. The van der Waals surface area contributed by atoms with E-state index < -0.39 is 11.8 Å². The standard InChI is InChI=1S/C20H19FO6/c21-18-11-14(23)5-10-17(18)20(25)27-16-8-6-15(7-9-16)26-19(24)12-1-3-13(22)4-2-12/h5-13,22-23H,1-4H2. The number of carbonyl (C=O) groups is 2. The van der Waals surface area contributed by atoms with E-state index in [1.165, 1.54) is 30.3 Å². The molecule has 1 aliphatic carbocycles. The number of phenolic OH excluding ortho intramolecular Hbond substituents is 1. The third-order valence-electron chi connectivity index (χ3n) is 4.46. The van der Waals surface area contributed by atoms with Crippen molar-refractivity contribution in [1.29, 1.82) is 0 Å². The van der Waals surface area contributed by atoms with Crippen LogP contribution in [0, 0.1) is 11.7 Å². The molecule has 142 valence electrons. The van der Waals surface area contributed by atoms with E-state index in [1.54, 1.807) is 0 Å². The van der Waals surface area contributed by atoms with Gasteiger partial charge >= 0.3 is 11.9 Å². The van der Waals surface area contributed by atoms with E-state index in [0.29, 0.717) is 31.4 Å². The quantitative estimate of drug-likeness (QED) is 0.631. The van der Waals surface area contributed by atoms with Crippen LogP contribution in [-0.2, 0) is 4.79 Å². The van der Waals surface area contributed by atoms with Crippen molar-refractivity contribution in [3.8, 4) is 17.2 Å². The van der Waals surface area contributed by atoms with Crippen molar-refractivity contribution in [2.24, 2.45) is 5.92 Å². The van der Waals surface area contributed by atoms with Crippen LogP contribution in [0.15, 0.2) is 42.5 Å². The van der Waals surface area contributed by atoms with E-state index in [2.05, 4.69) is 0 Å². The molecule has 2 aromatic rings. The third-order valence-corrected chi connectivity index (χ3v) is 4.46. The summed E-state index contributed by atoms with van der Waals surface area (Å²) in [6.07, 6.45) is 2.01. The van der Waals surface area contributed by atoms with Gasteiger partial charge in [-0.1, -0.05) is 0 Å². The Labute approximate surface area is 155 Å². The molecule has 1 aliphatic rings. The zero-order valence-corrected chi connectivity index (χ0v) is 14.4. The molecule has 0 amide bonds. The number of ether oxygens (including phenoxy) is 2. The maximum Gasteiger partial charge on any atom is 0.346 e. The van der Waals surface area contributed by atoms with Gasteiger partial charge in [0, 0.05) is 6.07 Å². The smallest absolute Gasteiger partial charge is 0.346 e. The topological polar surface area (TPSA) is 93.1 Å². The van der Waals surface area contributed by atoms with Gasteiger partial charge in [0.05, 0.1) is 17.6 Å². The second-order valence-electron chi connectivity index (χ2n) is 6.45. The van der Waals surface area contributed by atoms with E-state index >= 15 is 0 Å². The van der Waals surface area contributed by atoms with Crippen molar-refractivity contribution in [3.63, 3.8) is 0 Å². The number of rotatable bonds is 4. The lowest BCUT2D eigenvalue weighted by atomic mass is 9.87. The number of aliphatic hydroxyl groups is 1. The van der Waals surface area contributed by atoms with Crippen LogP contribution < -0.4 is 9.47 Å². The van der Waals surface area contributed by atoms with Crippen LogP contribution in [-0.4, -0.2) is 28.3 Å². The number of benzene rings is 2. The van der Waals surface area contributed by atoms with Gasteiger partial charge in [-0.2, -0.15) is 0 Å². The molecular weight excluding hydrogens is 355 g/mol. The molecule has 0 spiro atoms. The van der Waals surface area contributed by atoms with E-state index in [-0.39, 0.29) is 35.1 Å². The Kier molecular flexibility index (Phi) is 5.71. The highest BCUT2D eigenvalue weighted by Gasteiger charge is 2.26. The monoisotopic (exact) mass is 374 g/mol. The lowest BCUT2D eigenvalue weighted by Crippen LogP contribution is -2.27. The van der Waals surface area contributed by atoms with Crippen molar-refractivity contribution in [1.82, 2.24) is 0 Å². The van der Waals surface area contributed by atoms with Gasteiger partial charge in [-0.15, -0.1) is 0 Å². The third kappa shape index (κ3) is 4.83. The van der Waals surface area contributed by atoms with Crippen LogP contribution in [0.2, 0.25) is 0 Å². The molecule has 2 N–H and O–H groups in total. The number of aromatic hydroxyl groups is 1. The lowest BCUT2D eigenvalue weighted by molar-refractivity contribution is -0.140. The maximum atomic E-state index is 13.7. The van der Waals surface area contributed by atoms with E-state index in [0.717, 1.165) is 12.1 Å². The second kappa shape index (κ2) is 8.18. The minimum Gasteiger partial charge on any atom is -0.508 e. The fourth-order valence-electron chi connectivity index (χ4n) is 2.92. The molecule has 6 nitrogen and oxygen atoms in total. The molecule has 1 fully saturated rings. The van der Waals surface area contributed by atoms with Gasteiger partial charge in [-0.3, -0.25) is 4.79 Å². The highest BCUT2D eigenvalue weighted by Crippen LogP contribution is 2.27. The van der Waals surface area contributed by atoms with Gasteiger partial charge in [-0.05, 0) is 62.1 Å². The SMILES string of the molecule is O=C(Oc1ccc(OC(=O)C2CCC(O)CC2)cc1)c1ccc(O)cc1F. The summed E-state index contributed by atoms with van der Waals surface area (Å²) in [5, 5.41) is 18.7. The number of phenols is 1. The molecule has 0 aliphatic heterocycles. The Bertz CT molecular complexity index is 825. The van der Waals surface area contributed by atoms with Crippen LogP contribution in [0.3, 0.4) is 0 Å². The minimum absolute atomic E-state index is 0.160. The number of hydrogen-bond donors (Lipinski definition) is 2. The maximum absolute atomic E-state index is 13.7. The summed E-state index contributed by atoms with van der Waals surface area (Å²) in [4.78, 5) is 24.1. The molecule has 0 heterocycles. The van der Waals surface area contributed by atoms with Crippen LogP contribution in [0.4, 0.5) is 4.39 Å². The van der Waals surface area contributed by atoms with E-state index in [9.17, 15) is 24.2 Å². The van der Waals surface area contributed by atoms with Gasteiger partial charge in [0.25, 0.3) is 0 Å². The number of hydrogen-bond acceptors (Lipinski definition) is 6. The molecule has 0 radical (unpaired) electrons. The Morgan fingerprint density at radius 2 is 1.52 bits per heavy atom. The predicted molar refractivity (Wildman–Crippen MR) is 93.1 cm³/mol. The van der Waals surface area contributed by atoms with Gasteiger partial charge in [0.2, 0.25) is 0 Å². The summed E-state index contributed by atoms with van der Waals surface area (Å²) in [5.74, 6) is -2.19. The van der Waals surface area contributed by atoms with Gasteiger partial charge < -0.3 is 19.7 Å². The molecule has 0 unspecified atom stereocenters. The zero-order chi connectivity index (χ0) is 19.4. The molecular formula is C20H19FO6. The van der Waals surface area contributed by atoms with Crippen LogP contribution in [0.1, 0.15) is 36.0 Å². The first-order valence-electron chi connectivity index (χ1n) is 8.63. The Balaban J connectivity index is 1.58. The average molecular weight is 374 g/mol. The van der Waals surface area contributed by atoms with Crippen LogP contribution >= 0.6 is 0 Å². The Morgan fingerprint density at radius 1 is 0.926 bits per heavy atom. The molecule has 0 saturated heterocycles. The van der Waals surface area contributed by atoms with Crippen molar-refractivity contribution in [3.05, 3.63) is 53.8 Å². The highest BCUT2D eigenvalue weighted by molar-refractivity contribution is 5.91. The van der Waals surface area contributed by atoms with Gasteiger partial charge in [0.15, 0.2) is 0 Å². The Hall–Kier alpha value is -2.93. The first kappa shape index (κ1) is 18.8. The average Bonchev–Trinajstić information content (AvgIpc) is 2.63. The largest absolute Gasteiger partial charge is 0.508 e. The van der Waals surface area contributed by atoms with Crippen molar-refractivity contribution in [2.45, 2.75) is 31.8 Å². The summed E-state index contributed by atoms with van der Waals surface area (Å²) in [6, 6.07) is 8.96. The molecule has 7 heteroatoms. The molecule has 3 rings (SSSR count). The summed E-state index contributed by atoms with van der Waals surface area (Å²) < 4.78 is 24.1. The predicted octanol–water partition coefficient (Wildman–Crippen LogP) is 3.21. The zero-order valence-electron chi connectivity index (χ0n) is 14.4. The molecule has 0 bridgehead atoms. The minimum atomic E-state index is -0.905. The van der Waals surface area contributed by atoms with Crippen LogP contribution in [0.25, 0.3) is 0 Å². The van der Waals surface area contributed by atoms with Gasteiger partial charge in [-0.25, -0.2) is 9.18 Å². The summed E-state index contributed by atoms with van der Waals surface area (Å²) in [5.41, 5.74) is -0.303. The summed E-state index contributed by atoms with van der Waals surface area (Å²) in [7, 11) is 0. The summed E-state index contributed by atoms with van der Waals surface area (Å²) >= 11 is 0. The van der Waals surface area contributed by atoms with Crippen molar-refractivity contribution in [2.75, 3.05) is 0 Å². The van der Waals surface area contributed by atoms with Crippen LogP contribution in [0.5, 0.6) is 17.2 Å². The molecule has 0 aromatic heterocycles. The van der Waals surface area contributed by atoms with Gasteiger partial charge in [0.1, 0.15) is 23.1 Å². The molecule has 27 heavy (non-hydrogen) atoms. The number of carbonyl (C=O) groups excluding carboxylic acids is 2. The number of halogens is 1. The Morgan fingerprint density at radius 3 is 2.11 bits per heavy atom. The fourth-order valence-corrected chi connectivity index (χ4v) is 2.92. The highest BCUT2D eigenvalue weighted by atomic mass is 19.1. The first-order valence-corrected chi connectivity index (χ1v) is 8.63. The number of esters is 2. The van der Waals surface area contributed by atoms with Crippen molar-refractivity contribution < 1.29 is 33.7 Å². The number of aliphatic hydroxyl groups excluding tert-OH is 1. The first-order chi connectivity index (χ1) is 12.9. The molecule has 2 aromatic carbocycles. The molecule has 0 atom stereocenters. The van der Waals surface area contributed by atoms with Crippen molar-refractivity contribution >= 4 is 11.9 Å². The fraction of sp³-hybridized carbons (Fsp3) is 0.300. The lowest BCUT2D eigenvalue weighted by Gasteiger charge is -2.23. The van der Waals surface area contributed by atoms with E-state index in [4.69, 9.17) is 9.47 Å².